The van der Waals surface area contributed by atoms with Crippen LogP contribution in [0.4, 0.5) is 5.69 Å². The predicted molar refractivity (Wildman–Crippen MR) is 40.8 cm³/mol. The zero-order valence-electron chi connectivity index (χ0n) is 5.90. The summed E-state index contributed by atoms with van der Waals surface area (Å²) in [6.45, 7) is 0. The van der Waals surface area contributed by atoms with Crippen LogP contribution in [0, 0.1) is 0 Å². The molecule has 1 amide bonds. The van der Waals surface area contributed by atoms with Crippen molar-refractivity contribution in [3.63, 3.8) is 0 Å². The molecule has 12 heavy (non-hydrogen) atoms. The van der Waals surface area contributed by atoms with Crippen molar-refractivity contribution in [2.45, 2.75) is 0 Å². The molecule has 0 saturated heterocycles. The van der Waals surface area contributed by atoms with Crippen molar-refractivity contribution in [1.29, 1.82) is 0 Å². The molecule has 1 aromatic rings. The molecule has 0 atom stereocenters. The third-order valence-corrected chi connectivity index (χ3v) is 1.27. The lowest BCUT2D eigenvalue weighted by atomic mass is 10.2. The third-order valence-electron chi connectivity index (χ3n) is 1.27. The summed E-state index contributed by atoms with van der Waals surface area (Å²) in [5.74, 6) is -1.63. The average Bonchev–Trinajstić information content (AvgIpc) is 2.01. The van der Waals surface area contributed by atoms with Crippen molar-refractivity contribution in [2.75, 3.05) is 5.32 Å². The Hall–Kier alpha value is -1.91. The second-order valence-corrected chi connectivity index (χ2v) is 2.09. The number of hydrogen-bond donors (Lipinski definition) is 4. The van der Waals surface area contributed by atoms with E-state index in [2.05, 4.69) is 5.32 Å². The van der Waals surface area contributed by atoms with E-state index < -0.39 is 17.2 Å². The van der Waals surface area contributed by atoms with E-state index in [1.165, 1.54) is 6.41 Å². The molecule has 0 fully saturated rings. The molecule has 0 aliphatic heterocycles. The van der Waals surface area contributed by atoms with E-state index in [1.54, 1.807) is 0 Å². The third kappa shape index (κ3) is 1.39. The first-order chi connectivity index (χ1) is 5.65. The monoisotopic (exact) mass is 168 g/mol. The number of carbonyl (C=O) groups excluding carboxylic acids is 1. The molecule has 1 radical (unpaired) electrons. The van der Waals surface area contributed by atoms with Gasteiger partial charge in [0.05, 0.1) is 0 Å². The lowest BCUT2D eigenvalue weighted by Gasteiger charge is -2.03. The number of phenolic OH excluding ortho intramolecular Hbond substituents is 3. The van der Waals surface area contributed by atoms with Gasteiger partial charge in [-0.1, -0.05) is 0 Å². The number of aromatic hydroxyl groups is 3. The Morgan fingerprint density at radius 2 is 1.67 bits per heavy atom. The van der Waals surface area contributed by atoms with Gasteiger partial charge in [-0.3, -0.25) is 4.79 Å². The highest BCUT2D eigenvalue weighted by Crippen LogP contribution is 2.36. The van der Waals surface area contributed by atoms with Crippen LogP contribution >= 0.6 is 0 Å². The second-order valence-electron chi connectivity index (χ2n) is 2.09. The number of anilines is 1. The van der Waals surface area contributed by atoms with Crippen molar-refractivity contribution in [3.05, 3.63) is 12.1 Å². The summed E-state index contributed by atoms with van der Waals surface area (Å²) in [5, 5.41) is 28.8. The molecule has 0 spiro atoms. The van der Waals surface area contributed by atoms with E-state index in [1.807, 2.05) is 0 Å². The fourth-order valence-electron chi connectivity index (χ4n) is 0.735. The summed E-state index contributed by atoms with van der Waals surface area (Å²) >= 11 is 0. The number of phenols is 3. The first-order valence-corrected chi connectivity index (χ1v) is 3.03. The minimum atomic E-state index is -0.619. The lowest BCUT2D eigenvalue weighted by Crippen LogP contribution is -1.92. The van der Waals surface area contributed by atoms with Gasteiger partial charge in [0.1, 0.15) is 0 Å². The van der Waals surface area contributed by atoms with Crippen LogP contribution in [-0.2, 0) is 4.79 Å². The van der Waals surface area contributed by atoms with E-state index in [0.29, 0.717) is 0 Å². The zero-order chi connectivity index (χ0) is 9.14. The second kappa shape index (κ2) is 3.00. The maximum absolute atomic E-state index is 9.82. The van der Waals surface area contributed by atoms with Gasteiger partial charge in [0, 0.05) is 17.8 Å². The molecule has 0 aliphatic rings. The highest BCUT2D eigenvalue weighted by Gasteiger charge is 2.06. The van der Waals surface area contributed by atoms with E-state index in [0.717, 1.165) is 12.1 Å². The molecule has 5 heteroatoms. The van der Waals surface area contributed by atoms with Crippen molar-refractivity contribution in [2.24, 2.45) is 0 Å². The van der Waals surface area contributed by atoms with Crippen LogP contribution in [0.3, 0.4) is 0 Å². The van der Waals surface area contributed by atoms with Crippen molar-refractivity contribution < 1.29 is 20.1 Å². The SMILES string of the molecule is O=[C]Nc1cc(O)c(O)c(O)c1. The molecular formula is C7H6NO4. The average molecular weight is 168 g/mol. The standard InChI is InChI=1S/C7H6NO4/c9-3-8-4-1-5(10)7(12)6(11)2-4/h1-2,10-12H,(H,8,9). The van der Waals surface area contributed by atoms with Crippen molar-refractivity contribution in [3.8, 4) is 17.2 Å². The van der Waals surface area contributed by atoms with Gasteiger partial charge >= 0.3 is 6.41 Å². The minimum Gasteiger partial charge on any atom is -0.504 e. The Bertz CT molecular complexity index is 287. The summed E-state index contributed by atoms with van der Waals surface area (Å²) in [7, 11) is 0. The summed E-state index contributed by atoms with van der Waals surface area (Å²) in [6, 6.07) is 2.17. The quantitative estimate of drug-likeness (QED) is 0.290. The normalized spacial score (nSPS) is 9.33. The molecule has 0 aliphatic carbocycles. The highest BCUT2D eigenvalue weighted by atomic mass is 16.3. The Balaban J connectivity index is 3.11. The van der Waals surface area contributed by atoms with Crippen LogP contribution < -0.4 is 5.32 Å². The van der Waals surface area contributed by atoms with E-state index in [9.17, 15) is 4.79 Å². The largest absolute Gasteiger partial charge is 0.504 e. The number of rotatable bonds is 2. The Morgan fingerprint density at radius 1 is 1.17 bits per heavy atom. The van der Waals surface area contributed by atoms with Gasteiger partial charge in [0.15, 0.2) is 17.2 Å². The van der Waals surface area contributed by atoms with Gasteiger partial charge in [-0.25, -0.2) is 0 Å². The Morgan fingerprint density at radius 3 is 2.08 bits per heavy atom. The summed E-state index contributed by atoms with van der Waals surface area (Å²) in [4.78, 5) is 9.82. The molecule has 1 aromatic carbocycles. The zero-order valence-corrected chi connectivity index (χ0v) is 5.90. The molecule has 5 nitrogen and oxygen atoms in total. The molecule has 0 aromatic heterocycles. The van der Waals surface area contributed by atoms with Crippen molar-refractivity contribution in [1.82, 2.24) is 0 Å². The summed E-state index contributed by atoms with van der Waals surface area (Å²) in [5.41, 5.74) is 0.151. The number of hydrogen-bond acceptors (Lipinski definition) is 4. The smallest absolute Gasteiger partial charge is 0.314 e. The molecule has 1 rings (SSSR count). The fraction of sp³-hybridized carbons (Fsp3) is 0. The van der Waals surface area contributed by atoms with Gasteiger partial charge in [-0.05, 0) is 0 Å². The van der Waals surface area contributed by atoms with Gasteiger partial charge < -0.3 is 20.6 Å². The van der Waals surface area contributed by atoms with Crippen LogP contribution in [0.25, 0.3) is 0 Å². The topological polar surface area (TPSA) is 89.8 Å². The number of benzene rings is 1. The molecule has 4 N–H and O–H groups in total. The number of amides is 1. The van der Waals surface area contributed by atoms with Crippen LogP contribution in [0.15, 0.2) is 12.1 Å². The van der Waals surface area contributed by atoms with E-state index in [-0.39, 0.29) is 5.69 Å². The molecule has 0 bridgehead atoms. The van der Waals surface area contributed by atoms with Gasteiger partial charge in [-0.2, -0.15) is 0 Å². The molecule has 63 valence electrons. The lowest BCUT2D eigenvalue weighted by molar-refractivity contribution is 0.368. The van der Waals surface area contributed by atoms with Crippen LogP contribution in [-0.4, -0.2) is 21.7 Å². The molecule has 0 heterocycles. The van der Waals surface area contributed by atoms with Crippen molar-refractivity contribution >= 4 is 12.1 Å². The first-order valence-electron chi connectivity index (χ1n) is 3.03. The maximum atomic E-state index is 9.82. The van der Waals surface area contributed by atoms with E-state index in [4.69, 9.17) is 15.3 Å². The fourth-order valence-corrected chi connectivity index (χ4v) is 0.735. The molecule has 0 unspecified atom stereocenters. The maximum Gasteiger partial charge on any atom is 0.314 e. The Kier molecular flexibility index (Phi) is 2.05. The Labute approximate surface area is 67.9 Å². The molecule has 0 saturated carbocycles. The van der Waals surface area contributed by atoms with Crippen LogP contribution in [0.1, 0.15) is 0 Å². The van der Waals surface area contributed by atoms with Gasteiger partial charge in [-0.15, -0.1) is 0 Å². The van der Waals surface area contributed by atoms with Crippen LogP contribution in [0.5, 0.6) is 17.2 Å². The summed E-state index contributed by atoms with van der Waals surface area (Å²) in [6.07, 6.45) is 1.35. The number of nitrogens with one attached hydrogen (secondary N) is 1. The van der Waals surface area contributed by atoms with Crippen LogP contribution in [0.2, 0.25) is 0 Å². The highest BCUT2D eigenvalue weighted by molar-refractivity contribution is 5.74. The van der Waals surface area contributed by atoms with E-state index >= 15 is 0 Å². The predicted octanol–water partition coefficient (Wildman–Crippen LogP) is 0.282. The summed E-state index contributed by atoms with van der Waals surface area (Å²) < 4.78 is 0. The molecular weight excluding hydrogens is 162 g/mol. The first kappa shape index (κ1) is 8.19. The minimum absolute atomic E-state index is 0.151. The van der Waals surface area contributed by atoms with Gasteiger partial charge in [0.2, 0.25) is 0 Å². The van der Waals surface area contributed by atoms with Gasteiger partial charge in [0.25, 0.3) is 0 Å².